The van der Waals surface area contributed by atoms with Crippen LogP contribution in [0.3, 0.4) is 0 Å². The molecule has 1 unspecified atom stereocenters. The first-order valence-corrected chi connectivity index (χ1v) is 8.09. The molecule has 122 valence electrons. The summed E-state index contributed by atoms with van der Waals surface area (Å²) in [5, 5.41) is 15.6. The SMILES string of the molecule is CC(C)C(C)(O)CNC(=O)CCNC(=O)C1CCCCC1. The van der Waals surface area contributed by atoms with Gasteiger partial charge in [0.2, 0.25) is 11.8 Å². The van der Waals surface area contributed by atoms with Crippen molar-refractivity contribution in [3.63, 3.8) is 0 Å². The van der Waals surface area contributed by atoms with E-state index in [0.29, 0.717) is 6.54 Å². The summed E-state index contributed by atoms with van der Waals surface area (Å²) < 4.78 is 0. The van der Waals surface area contributed by atoms with Gasteiger partial charge in [0.25, 0.3) is 0 Å². The van der Waals surface area contributed by atoms with E-state index in [4.69, 9.17) is 0 Å². The number of amides is 2. The Hall–Kier alpha value is -1.10. The van der Waals surface area contributed by atoms with Crippen LogP contribution in [0.25, 0.3) is 0 Å². The lowest BCUT2D eigenvalue weighted by Gasteiger charge is -2.27. The number of aliphatic hydroxyl groups is 1. The van der Waals surface area contributed by atoms with Crippen LogP contribution in [-0.4, -0.2) is 35.6 Å². The van der Waals surface area contributed by atoms with E-state index in [1.54, 1.807) is 6.92 Å². The number of hydrogen-bond acceptors (Lipinski definition) is 3. The number of hydrogen-bond donors (Lipinski definition) is 3. The van der Waals surface area contributed by atoms with Crippen LogP contribution in [0.15, 0.2) is 0 Å². The summed E-state index contributed by atoms with van der Waals surface area (Å²) in [6.45, 7) is 6.14. The average molecular weight is 298 g/mol. The molecule has 1 aliphatic carbocycles. The molecule has 3 N–H and O–H groups in total. The first-order valence-electron chi connectivity index (χ1n) is 8.09. The fourth-order valence-corrected chi connectivity index (χ4v) is 2.38. The van der Waals surface area contributed by atoms with Gasteiger partial charge in [-0.2, -0.15) is 0 Å². The molecule has 5 nitrogen and oxygen atoms in total. The van der Waals surface area contributed by atoms with Crippen molar-refractivity contribution in [3.8, 4) is 0 Å². The summed E-state index contributed by atoms with van der Waals surface area (Å²) in [6.07, 6.45) is 5.67. The Morgan fingerprint density at radius 3 is 2.38 bits per heavy atom. The molecular formula is C16H30N2O3. The number of rotatable bonds is 7. The van der Waals surface area contributed by atoms with Gasteiger partial charge in [-0.25, -0.2) is 0 Å². The third-order valence-electron chi connectivity index (χ3n) is 4.51. The molecule has 0 spiro atoms. The summed E-state index contributed by atoms with van der Waals surface area (Å²) in [4.78, 5) is 23.6. The van der Waals surface area contributed by atoms with Crippen molar-refractivity contribution >= 4 is 11.8 Å². The fourth-order valence-electron chi connectivity index (χ4n) is 2.38. The lowest BCUT2D eigenvalue weighted by molar-refractivity contribution is -0.126. The van der Waals surface area contributed by atoms with Gasteiger partial charge >= 0.3 is 0 Å². The van der Waals surface area contributed by atoms with Gasteiger partial charge in [-0.3, -0.25) is 9.59 Å². The van der Waals surface area contributed by atoms with Crippen molar-refractivity contribution in [2.24, 2.45) is 11.8 Å². The molecule has 0 aromatic carbocycles. The Kier molecular flexibility index (Phi) is 7.15. The van der Waals surface area contributed by atoms with Gasteiger partial charge in [0.1, 0.15) is 0 Å². The fraction of sp³-hybridized carbons (Fsp3) is 0.875. The summed E-state index contributed by atoms with van der Waals surface area (Å²) in [7, 11) is 0. The molecule has 0 heterocycles. The first kappa shape index (κ1) is 18.0. The molecule has 1 rings (SSSR count). The van der Waals surface area contributed by atoms with Gasteiger partial charge in [-0.1, -0.05) is 33.1 Å². The zero-order chi connectivity index (χ0) is 15.9. The van der Waals surface area contributed by atoms with E-state index in [-0.39, 0.29) is 36.6 Å². The molecule has 1 fully saturated rings. The van der Waals surface area contributed by atoms with Crippen molar-refractivity contribution in [1.82, 2.24) is 10.6 Å². The second-order valence-corrected chi connectivity index (χ2v) is 6.66. The highest BCUT2D eigenvalue weighted by Crippen LogP contribution is 2.23. The normalized spacial score (nSPS) is 19.1. The standard InChI is InChI=1S/C16H30N2O3/c1-12(2)16(3,21)11-18-14(19)9-10-17-15(20)13-7-5-4-6-8-13/h12-13,21H,4-11H2,1-3H3,(H,17,20)(H,18,19). The lowest BCUT2D eigenvalue weighted by Crippen LogP contribution is -2.45. The molecule has 0 saturated heterocycles. The van der Waals surface area contributed by atoms with E-state index in [0.717, 1.165) is 25.7 Å². The van der Waals surface area contributed by atoms with Crippen LogP contribution in [0.4, 0.5) is 0 Å². The predicted octanol–water partition coefficient (Wildman–Crippen LogP) is 1.60. The molecule has 5 heteroatoms. The van der Waals surface area contributed by atoms with Crippen LogP contribution in [0.1, 0.15) is 59.3 Å². The Morgan fingerprint density at radius 2 is 1.81 bits per heavy atom. The molecule has 0 aromatic heterocycles. The van der Waals surface area contributed by atoms with Gasteiger partial charge in [-0.05, 0) is 25.7 Å². The molecular weight excluding hydrogens is 268 g/mol. The monoisotopic (exact) mass is 298 g/mol. The van der Waals surface area contributed by atoms with E-state index < -0.39 is 5.60 Å². The van der Waals surface area contributed by atoms with Crippen LogP contribution in [-0.2, 0) is 9.59 Å². The van der Waals surface area contributed by atoms with Gasteiger partial charge in [-0.15, -0.1) is 0 Å². The number of carbonyl (C=O) groups excluding carboxylic acids is 2. The minimum atomic E-state index is -0.902. The Bertz CT molecular complexity index is 347. The Morgan fingerprint density at radius 1 is 1.19 bits per heavy atom. The third-order valence-corrected chi connectivity index (χ3v) is 4.51. The zero-order valence-corrected chi connectivity index (χ0v) is 13.6. The van der Waals surface area contributed by atoms with E-state index in [2.05, 4.69) is 10.6 Å². The van der Waals surface area contributed by atoms with E-state index in [9.17, 15) is 14.7 Å². The predicted molar refractivity (Wildman–Crippen MR) is 82.7 cm³/mol. The second-order valence-electron chi connectivity index (χ2n) is 6.66. The minimum Gasteiger partial charge on any atom is -0.388 e. The highest BCUT2D eigenvalue weighted by molar-refractivity contribution is 5.80. The molecule has 0 radical (unpaired) electrons. The summed E-state index contributed by atoms with van der Waals surface area (Å²) in [6, 6.07) is 0. The van der Waals surface area contributed by atoms with Crippen molar-refractivity contribution in [1.29, 1.82) is 0 Å². The molecule has 2 amide bonds. The minimum absolute atomic E-state index is 0.0730. The van der Waals surface area contributed by atoms with E-state index in [1.807, 2.05) is 13.8 Å². The van der Waals surface area contributed by atoms with Gasteiger partial charge < -0.3 is 15.7 Å². The Labute approximate surface area is 127 Å². The summed E-state index contributed by atoms with van der Waals surface area (Å²) in [5.41, 5.74) is -0.902. The summed E-state index contributed by atoms with van der Waals surface area (Å²) >= 11 is 0. The highest BCUT2D eigenvalue weighted by Gasteiger charge is 2.25. The number of nitrogens with one attached hydrogen (secondary N) is 2. The van der Waals surface area contributed by atoms with E-state index >= 15 is 0 Å². The van der Waals surface area contributed by atoms with Crippen molar-refractivity contribution < 1.29 is 14.7 Å². The third kappa shape index (κ3) is 6.46. The molecule has 1 saturated carbocycles. The van der Waals surface area contributed by atoms with Gasteiger partial charge in [0.05, 0.1) is 5.60 Å². The van der Waals surface area contributed by atoms with Crippen molar-refractivity contribution in [2.45, 2.75) is 64.9 Å². The zero-order valence-electron chi connectivity index (χ0n) is 13.6. The smallest absolute Gasteiger partial charge is 0.223 e. The Balaban J connectivity index is 2.17. The van der Waals surface area contributed by atoms with Crippen LogP contribution in [0.2, 0.25) is 0 Å². The van der Waals surface area contributed by atoms with Gasteiger partial charge in [0, 0.05) is 25.4 Å². The van der Waals surface area contributed by atoms with Gasteiger partial charge in [0.15, 0.2) is 0 Å². The molecule has 1 aliphatic rings. The van der Waals surface area contributed by atoms with Crippen LogP contribution in [0.5, 0.6) is 0 Å². The lowest BCUT2D eigenvalue weighted by atomic mass is 9.89. The quantitative estimate of drug-likeness (QED) is 0.668. The summed E-state index contributed by atoms with van der Waals surface area (Å²) in [5.74, 6) is 0.142. The van der Waals surface area contributed by atoms with Crippen LogP contribution in [0, 0.1) is 11.8 Å². The average Bonchev–Trinajstić information content (AvgIpc) is 2.46. The maximum absolute atomic E-state index is 11.9. The molecule has 0 aliphatic heterocycles. The maximum Gasteiger partial charge on any atom is 0.223 e. The van der Waals surface area contributed by atoms with Crippen molar-refractivity contribution in [2.75, 3.05) is 13.1 Å². The topological polar surface area (TPSA) is 78.4 Å². The molecule has 21 heavy (non-hydrogen) atoms. The molecule has 0 aromatic rings. The second kappa shape index (κ2) is 8.37. The van der Waals surface area contributed by atoms with Crippen molar-refractivity contribution in [3.05, 3.63) is 0 Å². The van der Waals surface area contributed by atoms with Crippen LogP contribution >= 0.6 is 0 Å². The maximum atomic E-state index is 11.9. The molecule has 0 bridgehead atoms. The van der Waals surface area contributed by atoms with Crippen LogP contribution < -0.4 is 10.6 Å². The van der Waals surface area contributed by atoms with E-state index in [1.165, 1.54) is 6.42 Å². The first-order chi connectivity index (χ1) is 9.83. The highest BCUT2D eigenvalue weighted by atomic mass is 16.3. The largest absolute Gasteiger partial charge is 0.388 e. The molecule has 1 atom stereocenters. The number of carbonyl (C=O) groups is 2.